The quantitative estimate of drug-likeness (QED) is 0.124. The highest BCUT2D eigenvalue weighted by Crippen LogP contribution is 2.47. The zero-order valence-corrected chi connectivity index (χ0v) is 28.4. The van der Waals surface area contributed by atoms with Gasteiger partial charge in [-0.15, -0.1) is 0 Å². The van der Waals surface area contributed by atoms with Crippen molar-refractivity contribution >= 4 is 45.1 Å². The monoisotopic (exact) mass is 696 g/mol. The standard InChI is InChI=1S/2C19H17FN6/c2*1-10(26-19-14(7-21)18(22)24-9-25-19)15-8-23-16-5-4-12(20)6-13(16)17(15)11-2-3-11/h2*4-6,8-11H,2-3H2,1H3,(H3,22,24,25,26)/t2*10-/m10/s1. The Bertz CT molecular complexity index is 2240. The summed E-state index contributed by atoms with van der Waals surface area (Å²) in [4.78, 5) is 24.9. The molecule has 0 saturated heterocycles. The van der Waals surface area contributed by atoms with Gasteiger partial charge in [0.15, 0.2) is 0 Å². The van der Waals surface area contributed by atoms with Crippen LogP contribution in [0, 0.1) is 34.3 Å². The fraction of sp³-hybridized carbons (Fsp3) is 0.263. The van der Waals surface area contributed by atoms with Gasteiger partial charge in [-0.2, -0.15) is 10.5 Å². The second kappa shape index (κ2) is 14.0. The maximum absolute atomic E-state index is 13.8. The molecule has 6 aromatic rings. The molecule has 0 spiro atoms. The second-order valence-corrected chi connectivity index (χ2v) is 13.0. The minimum absolute atomic E-state index is 0.137. The molecule has 0 amide bonds. The number of aromatic nitrogens is 6. The summed E-state index contributed by atoms with van der Waals surface area (Å²) in [7, 11) is 0. The van der Waals surface area contributed by atoms with Crippen LogP contribution in [0.25, 0.3) is 21.8 Å². The zero-order valence-electron chi connectivity index (χ0n) is 28.4. The van der Waals surface area contributed by atoms with Gasteiger partial charge < -0.3 is 22.1 Å². The van der Waals surface area contributed by atoms with Crippen LogP contribution in [-0.2, 0) is 0 Å². The SMILES string of the molecule is C[C@@H](Nc1ncnc(N)c1C#N)c1cnc2ccc(F)cc2c1C1CC1.C[C@H](Nc1ncnc(N)c1C#N)c1cnc2ccc(F)cc2c1C1CC1. The molecule has 52 heavy (non-hydrogen) atoms. The molecule has 14 heteroatoms. The Kier molecular flexibility index (Phi) is 9.13. The number of nitrogens with two attached hydrogens (primary N) is 2. The maximum Gasteiger partial charge on any atom is 0.150 e. The number of hydrogen-bond acceptors (Lipinski definition) is 12. The van der Waals surface area contributed by atoms with Gasteiger partial charge in [-0.25, -0.2) is 28.7 Å². The van der Waals surface area contributed by atoms with Crippen LogP contribution >= 0.6 is 0 Å². The fourth-order valence-electron chi connectivity index (χ4n) is 6.55. The molecule has 2 aliphatic rings. The summed E-state index contributed by atoms with van der Waals surface area (Å²) < 4.78 is 27.6. The third-order valence-corrected chi connectivity index (χ3v) is 9.39. The molecule has 0 radical (unpaired) electrons. The van der Waals surface area contributed by atoms with Crippen molar-refractivity contribution in [2.24, 2.45) is 0 Å². The third-order valence-electron chi connectivity index (χ3n) is 9.39. The van der Waals surface area contributed by atoms with Gasteiger partial charge in [0.2, 0.25) is 0 Å². The number of nitrogens with one attached hydrogen (secondary N) is 2. The Morgan fingerprint density at radius 3 is 1.42 bits per heavy atom. The fourth-order valence-corrected chi connectivity index (χ4v) is 6.55. The largest absolute Gasteiger partial charge is 0.382 e. The average molecular weight is 697 g/mol. The van der Waals surface area contributed by atoms with Crippen LogP contribution < -0.4 is 22.1 Å². The van der Waals surface area contributed by atoms with Gasteiger partial charge in [-0.1, -0.05) is 0 Å². The van der Waals surface area contributed by atoms with Gasteiger partial charge in [0.05, 0.1) is 23.1 Å². The van der Waals surface area contributed by atoms with Crippen LogP contribution in [0.5, 0.6) is 0 Å². The van der Waals surface area contributed by atoms with Crippen molar-refractivity contribution in [3.05, 3.63) is 106 Å². The number of fused-ring (bicyclic) bond motifs is 2. The van der Waals surface area contributed by atoms with E-state index in [1.165, 1.54) is 24.8 Å². The van der Waals surface area contributed by atoms with E-state index in [4.69, 9.17) is 11.5 Å². The maximum atomic E-state index is 13.8. The number of nitrogen functional groups attached to an aromatic ring is 2. The molecule has 4 aromatic heterocycles. The molecule has 0 bridgehead atoms. The number of benzene rings is 2. The molecule has 2 aromatic carbocycles. The number of pyridine rings is 2. The molecule has 2 aliphatic carbocycles. The molecule has 8 rings (SSSR count). The lowest BCUT2D eigenvalue weighted by Gasteiger charge is -2.20. The van der Waals surface area contributed by atoms with Crippen molar-refractivity contribution in [3.8, 4) is 12.1 Å². The topological polar surface area (TPSA) is 201 Å². The normalized spacial score (nSPS) is 14.8. The number of hydrogen-bond donors (Lipinski definition) is 4. The van der Waals surface area contributed by atoms with Crippen LogP contribution in [0.1, 0.15) is 96.8 Å². The van der Waals surface area contributed by atoms with Crippen molar-refractivity contribution in [1.29, 1.82) is 10.5 Å². The highest BCUT2D eigenvalue weighted by atomic mass is 19.1. The second-order valence-electron chi connectivity index (χ2n) is 13.0. The van der Waals surface area contributed by atoms with Crippen LogP contribution in [-0.4, -0.2) is 29.9 Å². The summed E-state index contributed by atoms with van der Waals surface area (Å²) in [5, 5.41) is 26.8. The number of nitriles is 2. The van der Waals surface area contributed by atoms with E-state index in [0.717, 1.165) is 69.7 Å². The van der Waals surface area contributed by atoms with E-state index in [1.54, 1.807) is 24.3 Å². The highest BCUT2D eigenvalue weighted by molar-refractivity contribution is 5.85. The molecule has 260 valence electrons. The van der Waals surface area contributed by atoms with Gasteiger partial charge in [0.1, 0.15) is 70.8 Å². The molecular weight excluding hydrogens is 662 g/mol. The molecule has 12 nitrogen and oxygen atoms in total. The van der Waals surface area contributed by atoms with E-state index in [1.807, 2.05) is 38.4 Å². The van der Waals surface area contributed by atoms with E-state index in [-0.39, 0.29) is 46.5 Å². The van der Waals surface area contributed by atoms with Gasteiger partial charge in [0.25, 0.3) is 0 Å². The van der Waals surface area contributed by atoms with E-state index in [2.05, 4.69) is 40.5 Å². The number of nitrogens with zero attached hydrogens (tertiary/aromatic N) is 8. The van der Waals surface area contributed by atoms with Crippen molar-refractivity contribution in [2.45, 2.75) is 63.5 Å². The van der Waals surface area contributed by atoms with E-state index in [0.29, 0.717) is 23.5 Å². The summed E-state index contributed by atoms with van der Waals surface area (Å²) in [5.41, 5.74) is 17.7. The molecule has 2 fully saturated rings. The average Bonchev–Trinajstić information content (AvgIpc) is 4.06. The Morgan fingerprint density at radius 1 is 0.654 bits per heavy atom. The molecule has 2 atom stereocenters. The minimum atomic E-state index is -0.269. The summed E-state index contributed by atoms with van der Waals surface area (Å²) in [6.07, 6.45) is 10.6. The molecule has 0 aliphatic heterocycles. The first-order chi connectivity index (χ1) is 25.2. The lowest BCUT2D eigenvalue weighted by atomic mass is 9.95. The summed E-state index contributed by atoms with van der Waals surface area (Å²) in [5.74, 6) is 1.32. The first kappa shape index (κ1) is 33.9. The Hall–Kier alpha value is -6.54. The van der Waals surface area contributed by atoms with Crippen LogP contribution in [0.2, 0.25) is 0 Å². The number of halogens is 2. The van der Waals surface area contributed by atoms with Crippen molar-refractivity contribution in [1.82, 2.24) is 29.9 Å². The smallest absolute Gasteiger partial charge is 0.150 e. The number of anilines is 4. The third kappa shape index (κ3) is 6.79. The predicted molar refractivity (Wildman–Crippen MR) is 194 cm³/mol. The van der Waals surface area contributed by atoms with Crippen LogP contribution in [0.3, 0.4) is 0 Å². The van der Waals surface area contributed by atoms with Gasteiger partial charge in [-0.3, -0.25) is 9.97 Å². The van der Waals surface area contributed by atoms with Crippen LogP contribution in [0.4, 0.5) is 32.1 Å². The lowest BCUT2D eigenvalue weighted by Crippen LogP contribution is -2.13. The van der Waals surface area contributed by atoms with E-state index >= 15 is 0 Å². The summed E-state index contributed by atoms with van der Waals surface area (Å²) in [6, 6.07) is 13.1. The summed E-state index contributed by atoms with van der Waals surface area (Å²) >= 11 is 0. The Balaban J connectivity index is 0.000000162. The Morgan fingerprint density at radius 2 is 1.06 bits per heavy atom. The van der Waals surface area contributed by atoms with Gasteiger partial charge in [-0.05, 0) is 110 Å². The zero-order chi connectivity index (χ0) is 36.5. The predicted octanol–water partition coefficient (Wildman–Crippen LogP) is 7.34. The minimum Gasteiger partial charge on any atom is -0.382 e. The van der Waals surface area contributed by atoms with E-state index in [9.17, 15) is 19.3 Å². The van der Waals surface area contributed by atoms with Crippen LogP contribution in [0.15, 0.2) is 61.4 Å². The van der Waals surface area contributed by atoms with Crippen molar-refractivity contribution in [3.63, 3.8) is 0 Å². The number of rotatable bonds is 8. The molecule has 6 N–H and O–H groups in total. The summed E-state index contributed by atoms with van der Waals surface area (Å²) in [6.45, 7) is 3.93. The van der Waals surface area contributed by atoms with Gasteiger partial charge >= 0.3 is 0 Å². The molecule has 2 saturated carbocycles. The Labute approximate surface area is 298 Å². The molecular formula is C38H34F2N12. The van der Waals surface area contributed by atoms with Crippen molar-refractivity contribution in [2.75, 3.05) is 22.1 Å². The lowest BCUT2D eigenvalue weighted by molar-refractivity contribution is 0.629. The molecule has 0 unspecified atom stereocenters. The molecule has 4 heterocycles. The van der Waals surface area contributed by atoms with E-state index < -0.39 is 0 Å². The first-order valence-electron chi connectivity index (χ1n) is 16.9. The highest BCUT2D eigenvalue weighted by Gasteiger charge is 2.31. The first-order valence-corrected chi connectivity index (χ1v) is 16.9. The van der Waals surface area contributed by atoms with Crippen molar-refractivity contribution < 1.29 is 8.78 Å². The van der Waals surface area contributed by atoms with Gasteiger partial charge in [0, 0.05) is 23.2 Å².